The van der Waals surface area contributed by atoms with E-state index in [1.807, 2.05) is 26.0 Å². The summed E-state index contributed by atoms with van der Waals surface area (Å²) in [6, 6.07) is 3.76. The molecule has 1 aliphatic carbocycles. The van der Waals surface area contributed by atoms with Crippen LogP contribution in [0, 0.1) is 5.41 Å². The molecule has 0 aromatic carbocycles. The number of nitrogens with two attached hydrogens (primary N) is 1. The van der Waals surface area contributed by atoms with Gasteiger partial charge >= 0.3 is 0 Å². The Morgan fingerprint density at radius 1 is 1.55 bits per heavy atom. The molecule has 1 aromatic rings. The number of pyridine rings is 1. The molecule has 0 aliphatic heterocycles. The van der Waals surface area contributed by atoms with E-state index in [0.717, 1.165) is 24.8 Å². The topological polar surface area (TPSA) is 77.2 Å². The molecule has 0 unspecified atom stereocenters. The van der Waals surface area contributed by atoms with Gasteiger partial charge in [0, 0.05) is 24.8 Å². The highest BCUT2D eigenvalue weighted by atomic mass is 16.5. The zero-order valence-electron chi connectivity index (χ0n) is 12.2. The van der Waals surface area contributed by atoms with Crippen LogP contribution in [0.4, 0.5) is 0 Å². The second-order valence-electron chi connectivity index (χ2n) is 5.65. The van der Waals surface area contributed by atoms with Gasteiger partial charge in [0.15, 0.2) is 0 Å². The van der Waals surface area contributed by atoms with E-state index in [2.05, 4.69) is 10.3 Å². The molecule has 1 aromatic heterocycles. The van der Waals surface area contributed by atoms with Crippen LogP contribution in [0.15, 0.2) is 18.3 Å². The quantitative estimate of drug-likeness (QED) is 0.828. The lowest BCUT2D eigenvalue weighted by molar-refractivity contribution is -0.135. The summed E-state index contributed by atoms with van der Waals surface area (Å²) < 4.78 is 5.64. The fraction of sp³-hybridized carbons (Fsp3) is 0.600. The molecule has 1 fully saturated rings. The van der Waals surface area contributed by atoms with E-state index in [1.54, 1.807) is 6.20 Å². The Hall–Kier alpha value is -1.62. The first kappa shape index (κ1) is 14.8. The molecule has 5 heteroatoms. The number of hydrogen-bond donors (Lipinski definition) is 2. The fourth-order valence-corrected chi connectivity index (χ4v) is 2.38. The van der Waals surface area contributed by atoms with Crippen molar-refractivity contribution in [3.05, 3.63) is 23.9 Å². The van der Waals surface area contributed by atoms with Gasteiger partial charge < -0.3 is 15.8 Å². The Kier molecular flexibility index (Phi) is 4.60. The Labute approximate surface area is 119 Å². The van der Waals surface area contributed by atoms with Crippen LogP contribution in [0.2, 0.25) is 0 Å². The van der Waals surface area contributed by atoms with Crippen molar-refractivity contribution in [1.29, 1.82) is 0 Å². The highest BCUT2D eigenvalue weighted by Gasteiger charge is 2.42. The van der Waals surface area contributed by atoms with Gasteiger partial charge in [-0.25, -0.2) is 4.98 Å². The number of carbonyl (C=O) groups excluding carboxylic acids is 1. The molecular formula is C15H23N3O2. The minimum absolute atomic E-state index is 0.0469. The van der Waals surface area contributed by atoms with Crippen LogP contribution >= 0.6 is 0 Å². The molecule has 0 bridgehead atoms. The van der Waals surface area contributed by atoms with Crippen molar-refractivity contribution in [2.24, 2.45) is 11.1 Å². The summed E-state index contributed by atoms with van der Waals surface area (Å²) in [7, 11) is 0. The van der Waals surface area contributed by atoms with Gasteiger partial charge in [0.25, 0.3) is 0 Å². The summed E-state index contributed by atoms with van der Waals surface area (Å²) in [5.41, 5.74) is 6.28. The van der Waals surface area contributed by atoms with Crippen LogP contribution < -0.4 is 15.8 Å². The lowest BCUT2D eigenvalue weighted by Gasteiger charge is -2.39. The Morgan fingerprint density at radius 2 is 2.30 bits per heavy atom. The summed E-state index contributed by atoms with van der Waals surface area (Å²) in [6.45, 7) is 4.75. The highest BCUT2D eigenvalue weighted by Crippen LogP contribution is 2.40. The number of aromatic nitrogens is 1. The lowest BCUT2D eigenvalue weighted by atomic mass is 9.68. The number of nitrogens with zero attached hydrogens (tertiary/aromatic N) is 1. The summed E-state index contributed by atoms with van der Waals surface area (Å²) in [4.78, 5) is 16.4. The molecule has 1 saturated carbocycles. The monoisotopic (exact) mass is 277 g/mol. The molecule has 3 N–H and O–H groups in total. The van der Waals surface area contributed by atoms with Gasteiger partial charge in [0.2, 0.25) is 11.8 Å². The highest BCUT2D eigenvalue weighted by molar-refractivity contribution is 5.83. The molecule has 1 heterocycles. The minimum atomic E-state index is -0.346. The minimum Gasteiger partial charge on any atom is -0.475 e. The third kappa shape index (κ3) is 3.10. The summed E-state index contributed by atoms with van der Waals surface area (Å²) in [5, 5.41) is 2.97. The first-order valence-electron chi connectivity index (χ1n) is 7.16. The van der Waals surface area contributed by atoms with Crippen molar-refractivity contribution in [2.45, 2.75) is 45.8 Å². The van der Waals surface area contributed by atoms with E-state index in [-0.39, 0.29) is 17.4 Å². The van der Waals surface area contributed by atoms with Gasteiger partial charge in [-0.3, -0.25) is 4.79 Å². The maximum Gasteiger partial charge on any atom is 0.227 e. The first-order valence-corrected chi connectivity index (χ1v) is 7.16. The average molecular weight is 277 g/mol. The first-order chi connectivity index (χ1) is 9.57. The van der Waals surface area contributed by atoms with Gasteiger partial charge in [-0.2, -0.15) is 0 Å². The number of amides is 1. The normalized spacial score (nSPS) is 16.6. The molecule has 1 aliphatic rings. The summed E-state index contributed by atoms with van der Waals surface area (Å²) >= 11 is 0. The average Bonchev–Trinajstić information content (AvgIpc) is 2.36. The van der Waals surface area contributed by atoms with Crippen LogP contribution in [-0.4, -0.2) is 23.5 Å². The zero-order chi connectivity index (χ0) is 14.6. The van der Waals surface area contributed by atoms with Crippen molar-refractivity contribution in [1.82, 2.24) is 10.3 Å². The molecule has 0 atom stereocenters. The number of hydrogen-bond acceptors (Lipinski definition) is 4. The molecule has 5 nitrogen and oxygen atoms in total. The smallest absolute Gasteiger partial charge is 0.227 e. The maximum atomic E-state index is 12.2. The number of ether oxygens (including phenoxy) is 1. The molecule has 110 valence electrons. The van der Waals surface area contributed by atoms with Gasteiger partial charge in [-0.1, -0.05) is 12.5 Å². The second kappa shape index (κ2) is 6.22. The van der Waals surface area contributed by atoms with Crippen molar-refractivity contribution < 1.29 is 9.53 Å². The SMILES string of the molecule is CC(C)Oc1ncccc1CNC(=O)C1(CN)CCC1. The van der Waals surface area contributed by atoms with E-state index >= 15 is 0 Å². The molecule has 0 radical (unpaired) electrons. The number of carbonyl (C=O) groups is 1. The zero-order valence-corrected chi connectivity index (χ0v) is 12.2. The Morgan fingerprint density at radius 3 is 2.85 bits per heavy atom. The molecule has 2 rings (SSSR count). The molecular weight excluding hydrogens is 254 g/mol. The van der Waals surface area contributed by atoms with Crippen LogP contribution in [0.5, 0.6) is 5.88 Å². The van der Waals surface area contributed by atoms with Crippen LogP contribution in [0.3, 0.4) is 0 Å². The van der Waals surface area contributed by atoms with Crippen LogP contribution in [0.1, 0.15) is 38.7 Å². The van der Waals surface area contributed by atoms with E-state index in [1.165, 1.54) is 0 Å². The van der Waals surface area contributed by atoms with Gasteiger partial charge in [-0.15, -0.1) is 0 Å². The predicted octanol–water partition coefficient (Wildman–Crippen LogP) is 1.61. The van der Waals surface area contributed by atoms with E-state index < -0.39 is 0 Å². The summed E-state index contributed by atoms with van der Waals surface area (Å²) in [6.07, 6.45) is 4.60. The third-order valence-corrected chi connectivity index (χ3v) is 3.82. The van der Waals surface area contributed by atoms with Gasteiger partial charge in [-0.05, 0) is 32.8 Å². The Balaban J connectivity index is 1.98. The van der Waals surface area contributed by atoms with Crippen molar-refractivity contribution >= 4 is 5.91 Å². The van der Waals surface area contributed by atoms with Crippen LogP contribution in [0.25, 0.3) is 0 Å². The molecule has 1 amide bonds. The molecule has 0 spiro atoms. The van der Waals surface area contributed by atoms with Crippen molar-refractivity contribution in [3.63, 3.8) is 0 Å². The number of rotatable bonds is 6. The third-order valence-electron chi connectivity index (χ3n) is 3.82. The predicted molar refractivity (Wildman–Crippen MR) is 77.2 cm³/mol. The van der Waals surface area contributed by atoms with E-state index in [0.29, 0.717) is 19.0 Å². The van der Waals surface area contributed by atoms with Crippen molar-refractivity contribution in [2.75, 3.05) is 6.54 Å². The Bertz CT molecular complexity index is 464. The summed E-state index contributed by atoms with van der Waals surface area (Å²) in [5.74, 6) is 0.629. The largest absolute Gasteiger partial charge is 0.475 e. The second-order valence-corrected chi connectivity index (χ2v) is 5.65. The fourth-order valence-electron chi connectivity index (χ4n) is 2.38. The lowest BCUT2D eigenvalue weighted by Crippen LogP contribution is -2.50. The number of nitrogens with one attached hydrogen (secondary N) is 1. The van der Waals surface area contributed by atoms with E-state index in [9.17, 15) is 4.79 Å². The van der Waals surface area contributed by atoms with Gasteiger partial charge in [0.1, 0.15) is 0 Å². The van der Waals surface area contributed by atoms with Crippen LogP contribution in [-0.2, 0) is 11.3 Å². The van der Waals surface area contributed by atoms with Gasteiger partial charge in [0.05, 0.1) is 11.5 Å². The molecule has 0 saturated heterocycles. The van der Waals surface area contributed by atoms with Crippen molar-refractivity contribution in [3.8, 4) is 5.88 Å². The standard InChI is InChI=1S/C15H23N3O2/c1-11(2)20-13-12(5-3-8-17-13)9-18-14(19)15(10-16)6-4-7-15/h3,5,8,11H,4,6-7,9-10,16H2,1-2H3,(H,18,19). The molecule has 20 heavy (non-hydrogen) atoms. The van der Waals surface area contributed by atoms with E-state index in [4.69, 9.17) is 10.5 Å². The maximum absolute atomic E-state index is 12.2.